The number of rotatable bonds is 4. The van der Waals surface area contributed by atoms with Crippen LogP contribution in [-0.2, 0) is 0 Å². The average molecular weight is 332 g/mol. The molecule has 0 N–H and O–H groups in total. The topological polar surface area (TPSA) is 66.7 Å². The molecule has 1 fully saturated rings. The summed E-state index contributed by atoms with van der Waals surface area (Å²) in [6.45, 7) is 5.97. The number of halogens is 2. The van der Waals surface area contributed by atoms with Crippen LogP contribution in [-0.4, -0.2) is 47.8 Å². The van der Waals surface area contributed by atoms with Crippen LogP contribution < -0.4 is 4.90 Å². The third-order valence-electron chi connectivity index (χ3n) is 3.60. The minimum absolute atomic E-state index is 0.0318. The summed E-state index contributed by atoms with van der Waals surface area (Å²) in [4.78, 5) is 26.1. The number of nitro benzene ring substituents is 1. The van der Waals surface area contributed by atoms with Gasteiger partial charge < -0.3 is 9.80 Å². The number of hydrogen-bond donors (Lipinski definition) is 0. The predicted molar refractivity (Wildman–Crippen MR) is 82.6 cm³/mol. The lowest BCUT2D eigenvalue weighted by Gasteiger charge is -2.35. The van der Waals surface area contributed by atoms with E-state index in [4.69, 9.17) is 23.2 Å². The van der Waals surface area contributed by atoms with Crippen molar-refractivity contribution in [3.8, 4) is 0 Å². The first kappa shape index (κ1) is 16.0. The number of likely N-dealkylation sites (N-methyl/N-ethyl adjacent to an activating group) is 1. The first-order valence-corrected chi connectivity index (χ1v) is 7.34. The quantitative estimate of drug-likeness (QED) is 0.482. The highest BCUT2D eigenvalue weighted by Crippen LogP contribution is 2.37. The van der Waals surface area contributed by atoms with E-state index in [0.717, 1.165) is 19.6 Å². The average Bonchev–Trinajstić information content (AvgIpc) is 2.46. The molecule has 1 aliphatic heterocycles. The Kier molecular flexibility index (Phi) is 5.03. The van der Waals surface area contributed by atoms with E-state index in [1.54, 1.807) is 0 Å². The fourth-order valence-electron chi connectivity index (χ4n) is 2.44. The van der Waals surface area contributed by atoms with Crippen molar-refractivity contribution in [1.82, 2.24) is 4.90 Å². The fourth-order valence-corrected chi connectivity index (χ4v) is 2.88. The van der Waals surface area contributed by atoms with Gasteiger partial charge in [-0.2, -0.15) is 0 Å². The van der Waals surface area contributed by atoms with Crippen LogP contribution in [0.4, 0.5) is 11.4 Å². The Labute approximate surface area is 132 Å². The van der Waals surface area contributed by atoms with Gasteiger partial charge in [0.2, 0.25) is 0 Å². The van der Waals surface area contributed by atoms with E-state index in [0.29, 0.717) is 18.8 Å². The van der Waals surface area contributed by atoms with Crippen LogP contribution in [0.5, 0.6) is 0 Å². The van der Waals surface area contributed by atoms with E-state index in [2.05, 4.69) is 11.8 Å². The fraction of sp³-hybridized carbons (Fsp3) is 0.462. The van der Waals surface area contributed by atoms with Gasteiger partial charge in [-0.15, -0.1) is 0 Å². The number of benzene rings is 1. The molecule has 0 saturated carbocycles. The lowest BCUT2D eigenvalue weighted by atomic mass is 10.1. The molecule has 1 aromatic rings. The minimum atomic E-state index is -0.762. The molecular formula is C13H15Cl2N3O3. The summed E-state index contributed by atoms with van der Waals surface area (Å²) in [6.07, 6.45) is 0. The summed E-state index contributed by atoms with van der Waals surface area (Å²) in [5, 5.41) is 10.7. The Morgan fingerprint density at radius 3 is 2.43 bits per heavy atom. The molecule has 0 aliphatic carbocycles. The Hall–Kier alpha value is -1.37. The Balaban J connectivity index is 2.39. The number of hydrogen-bond acceptors (Lipinski definition) is 5. The van der Waals surface area contributed by atoms with Crippen molar-refractivity contribution in [3.63, 3.8) is 0 Å². The highest BCUT2D eigenvalue weighted by molar-refractivity contribution is 6.67. The zero-order valence-electron chi connectivity index (χ0n) is 11.5. The van der Waals surface area contributed by atoms with E-state index < -0.39 is 10.2 Å². The number of piperazine rings is 1. The van der Waals surface area contributed by atoms with Crippen LogP contribution in [0.25, 0.3) is 0 Å². The number of carbonyl (C=O) groups is 1. The lowest BCUT2D eigenvalue weighted by molar-refractivity contribution is -0.384. The van der Waals surface area contributed by atoms with Gasteiger partial charge in [0.15, 0.2) is 0 Å². The molecule has 1 aromatic carbocycles. The molecule has 1 saturated heterocycles. The van der Waals surface area contributed by atoms with Gasteiger partial charge in [0.05, 0.1) is 9.95 Å². The van der Waals surface area contributed by atoms with Crippen LogP contribution >= 0.6 is 23.2 Å². The summed E-state index contributed by atoms with van der Waals surface area (Å²) in [5.74, 6) is 0. The van der Waals surface area contributed by atoms with Gasteiger partial charge in [0, 0.05) is 37.8 Å². The predicted octanol–water partition coefficient (Wildman–Crippen LogP) is 2.77. The van der Waals surface area contributed by atoms with Crippen molar-refractivity contribution < 1.29 is 9.72 Å². The van der Waals surface area contributed by atoms with Gasteiger partial charge in [-0.3, -0.25) is 14.9 Å². The van der Waals surface area contributed by atoms with Gasteiger partial charge in [-0.25, -0.2) is 0 Å². The molecule has 0 bridgehead atoms. The molecule has 0 aromatic heterocycles. The van der Waals surface area contributed by atoms with Crippen LogP contribution in [0.3, 0.4) is 0 Å². The second-order valence-corrected chi connectivity index (χ2v) is 5.53. The van der Waals surface area contributed by atoms with E-state index in [1.165, 1.54) is 12.1 Å². The van der Waals surface area contributed by atoms with E-state index in [9.17, 15) is 14.9 Å². The Bertz CT molecular complexity index is 572. The van der Waals surface area contributed by atoms with Gasteiger partial charge in [0.1, 0.15) is 5.69 Å². The molecular weight excluding hydrogens is 317 g/mol. The maximum absolute atomic E-state index is 11.3. The molecule has 6 nitrogen and oxygen atoms in total. The second-order valence-electron chi connectivity index (χ2n) is 4.78. The molecule has 0 amide bonds. The minimum Gasteiger partial charge on any atom is -0.362 e. The SMILES string of the molecule is CCN1CCN(c2c(Cl)cc(C(=O)Cl)cc2[N+](=O)[O-])CC1. The molecule has 114 valence electrons. The van der Waals surface area contributed by atoms with Gasteiger partial charge in [0.25, 0.3) is 10.9 Å². The van der Waals surface area contributed by atoms with Crippen molar-refractivity contribution >= 4 is 39.8 Å². The molecule has 0 atom stereocenters. The molecule has 0 spiro atoms. The monoisotopic (exact) mass is 331 g/mol. The maximum atomic E-state index is 11.3. The molecule has 1 aliphatic rings. The lowest BCUT2D eigenvalue weighted by Crippen LogP contribution is -2.46. The van der Waals surface area contributed by atoms with Crippen molar-refractivity contribution in [3.05, 3.63) is 32.8 Å². The standard InChI is InChI=1S/C13H15Cl2N3O3/c1-2-16-3-5-17(6-4-16)12-10(14)7-9(13(15)19)8-11(12)18(20)21/h7-8H,2-6H2,1H3. The largest absolute Gasteiger partial charge is 0.362 e. The third-order valence-corrected chi connectivity index (χ3v) is 4.11. The van der Waals surface area contributed by atoms with Gasteiger partial charge >= 0.3 is 0 Å². The summed E-state index contributed by atoms with van der Waals surface area (Å²) < 4.78 is 0. The number of carbonyl (C=O) groups excluding carboxylic acids is 1. The molecule has 1 heterocycles. The van der Waals surface area contributed by atoms with Crippen molar-refractivity contribution in [1.29, 1.82) is 0 Å². The summed E-state index contributed by atoms with van der Waals surface area (Å²) >= 11 is 11.5. The Morgan fingerprint density at radius 1 is 1.33 bits per heavy atom. The molecule has 8 heteroatoms. The number of anilines is 1. The highest BCUT2D eigenvalue weighted by atomic mass is 35.5. The summed E-state index contributed by atoms with van der Waals surface area (Å²) in [7, 11) is 0. The molecule has 2 rings (SSSR count). The highest BCUT2D eigenvalue weighted by Gasteiger charge is 2.27. The van der Waals surface area contributed by atoms with Crippen LogP contribution in [0.15, 0.2) is 12.1 Å². The zero-order chi connectivity index (χ0) is 15.6. The van der Waals surface area contributed by atoms with Gasteiger partial charge in [-0.05, 0) is 24.2 Å². The number of nitro groups is 1. The van der Waals surface area contributed by atoms with E-state index in [1.807, 2.05) is 4.90 Å². The normalized spacial score (nSPS) is 16.0. The van der Waals surface area contributed by atoms with Gasteiger partial charge in [-0.1, -0.05) is 18.5 Å². The zero-order valence-corrected chi connectivity index (χ0v) is 13.0. The molecule has 0 unspecified atom stereocenters. The van der Waals surface area contributed by atoms with Crippen LogP contribution in [0, 0.1) is 10.1 Å². The Morgan fingerprint density at radius 2 is 1.95 bits per heavy atom. The van der Waals surface area contributed by atoms with Crippen LogP contribution in [0.1, 0.15) is 17.3 Å². The summed E-state index contributed by atoms with van der Waals surface area (Å²) in [5.41, 5.74) is 0.208. The van der Waals surface area contributed by atoms with E-state index in [-0.39, 0.29) is 16.3 Å². The smallest absolute Gasteiger partial charge is 0.294 e. The number of nitrogens with zero attached hydrogens (tertiary/aromatic N) is 3. The second kappa shape index (κ2) is 6.60. The first-order chi connectivity index (χ1) is 9.93. The molecule has 21 heavy (non-hydrogen) atoms. The van der Waals surface area contributed by atoms with Crippen LogP contribution in [0.2, 0.25) is 5.02 Å². The first-order valence-electron chi connectivity index (χ1n) is 6.59. The van der Waals surface area contributed by atoms with Crippen molar-refractivity contribution in [2.24, 2.45) is 0 Å². The maximum Gasteiger partial charge on any atom is 0.294 e. The van der Waals surface area contributed by atoms with E-state index >= 15 is 0 Å². The molecule has 0 radical (unpaired) electrons. The third kappa shape index (κ3) is 3.45. The summed E-state index contributed by atoms with van der Waals surface area (Å²) in [6, 6.07) is 2.56. The van der Waals surface area contributed by atoms with Crippen molar-refractivity contribution in [2.45, 2.75) is 6.92 Å². The van der Waals surface area contributed by atoms with Crippen molar-refractivity contribution in [2.75, 3.05) is 37.6 Å².